The number of carbonyl (C=O) groups is 3. The highest BCUT2D eigenvalue weighted by Crippen LogP contribution is 2.32. The van der Waals surface area contributed by atoms with Gasteiger partial charge in [-0.3, -0.25) is 9.59 Å². The fourth-order valence-electron chi connectivity index (χ4n) is 6.10. The van der Waals surface area contributed by atoms with Crippen LogP contribution < -0.4 is 24.8 Å². The Hall–Kier alpha value is -5.97. The van der Waals surface area contributed by atoms with E-state index >= 15 is 0 Å². The van der Waals surface area contributed by atoms with Crippen LogP contribution in [0.3, 0.4) is 0 Å². The number of benzene rings is 5. The summed E-state index contributed by atoms with van der Waals surface area (Å²) in [4.78, 5) is 37.1. The average Bonchev–Trinajstić information content (AvgIpc) is 3.61. The molecule has 6 aromatic rings. The number of aromatic carboxylic acids is 1. The van der Waals surface area contributed by atoms with E-state index in [0.29, 0.717) is 32.9 Å². The lowest BCUT2D eigenvalue weighted by atomic mass is 9.93. The van der Waals surface area contributed by atoms with E-state index in [1.54, 1.807) is 72.8 Å². The van der Waals surface area contributed by atoms with E-state index in [9.17, 15) is 19.5 Å². The van der Waals surface area contributed by atoms with Crippen LogP contribution in [0.2, 0.25) is 10.0 Å². The van der Waals surface area contributed by atoms with Crippen LogP contribution in [-0.2, 0) is 0 Å². The van der Waals surface area contributed by atoms with E-state index in [0.717, 1.165) is 42.2 Å². The molecule has 3 N–H and O–H groups in total. The molecule has 0 bridgehead atoms. The topological polar surface area (TPSA) is 136 Å². The summed E-state index contributed by atoms with van der Waals surface area (Å²) in [6.07, 6.45) is 3.12. The third-order valence-electron chi connectivity index (χ3n) is 8.71. The number of carboxylic acids is 1. The lowest BCUT2D eigenvalue weighted by molar-refractivity contribution is 0.0697. The van der Waals surface area contributed by atoms with Gasteiger partial charge in [-0.1, -0.05) is 47.5 Å². The third kappa shape index (κ3) is 8.92. The molecule has 0 aliphatic heterocycles. The highest BCUT2D eigenvalue weighted by Gasteiger charge is 2.25. The van der Waals surface area contributed by atoms with Gasteiger partial charge >= 0.3 is 5.97 Å². The number of carbonyl (C=O) groups excluding carboxylic acids is 2. The van der Waals surface area contributed by atoms with E-state index in [4.69, 9.17) is 41.8 Å². The number of carboxylic acid groups (broad SMARTS) is 1. The van der Waals surface area contributed by atoms with Crippen LogP contribution in [0.4, 0.5) is 5.69 Å². The van der Waals surface area contributed by atoms with E-state index in [-0.39, 0.29) is 41.0 Å². The molecule has 12 heteroatoms. The number of fused-ring (bicyclic) bond motifs is 1. The van der Waals surface area contributed by atoms with Crippen molar-refractivity contribution in [1.82, 2.24) is 5.32 Å². The van der Waals surface area contributed by atoms with Gasteiger partial charge in [-0.25, -0.2) is 4.79 Å². The summed E-state index contributed by atoms with van der Waals surface area (Å²) in [5, 5.41) is 17.9. The Kier molecular flexibility index (Phi) is 10.5. The molecule has 0 atom stereocenters. The van der Waals surface area contributed by atoms with E-state index < -0.39 is 11.9 Å². The molecule has 0 radical (unpaired) electrons. The van der Waals surface area contributed by atoms with Crippen molar-refractivity contribution in [3.05, 3.63) is 142 Å². The summed E-state index contributed by atoms with van der Waals surface area (Å²) in [7, 11) is 0. The number of ether oxygens (including phenoxy) is 3. The molecule has 1 fully saturated rings. The Morgan fingerprint density at radius 1 is 0.660 bits per heavy atom. The van der Waals surface area contributed by atoms with Gasteiger partial charge in [0.25, 0.3) is 17.8 Å². The first-order valence-electron chi connectivity index (χ1n) is 16.8. The fraction of sp³-hybridized carbons (Fsp3) is 0.146. The number of hydrogen-bond donors (Lipinski definition) is 3. The minimum absolute atomic E-state index is 0.00625. The van der Waals surface area contributed by atoms with Gasteiger partial charge in [-0.2, -0.15) is 0 Å². The van der Waals surface area contributed by atoms with Crippen LogP contribution in [0.25, 0.3) is 10.8 Å². The number of anilines is 1. The molecule has 2 amide bonds. The van der Waals surface area contributed by atoms with Crippen molar-refractivity contribution in [2.75, 3.05) is 5.32 Å². The van der Waals surface area contributed by atoms with Crippen LogP contribution >= 0.6 is 23.2 Å². The number of rotatable bonds is 11. The van der Waals surface area contributed by atoms with Gasteiger partial charge in [0.05, 0.1) is 17.4 Å². The Morgan fingerprint density at radius 3 is 2.04 bits per heavy atom. The Labute approximate surface area is 314 Å². The molecule has 0 spiro atoms. The van der Waals surface area contributed by atoms with Crippen molar-refractivity contribution >= 4 is 57.4 Å². The van der Waals surface area contributed by atoms with Gasteiger partial charge in [0.15, 0.2) is 5.76 Å². The van der Waals surface area contributed by atoms with Gasteiger partial charge in [-0.15, -0.1) is 0 Å². The van der Waals surface area contributed by atoms with Crippen molar-refractivity contribution in [3.63, 3.8) is 0 Å². The molecule has 5 aromatic carbocycles. The van der Waals surface area contributed by atoms with Crippen LogP contribution in [-0.4, -0.2) is 35.0 Å². The number of nitrogens with one attached hydrogen (secondary N) is 2. The molecule has 268 valence electrons. The Balaban J connectivity index is 0.884. The number of furan rings is 1. The molecular formula is C41H32Cl2N2O8. The van der Waals surface area contributed by atoms with Crippen LogP contribution in [0.15, 0.2) is 120 Å². The van der Waals surface area contributed by atoms with Gasteiger partial charge in [0.2, 0.25) is 0 Å². The average molecular weight is 752 g/mol. The number of amides is 2. The maximum Gasteiger partial charge on any atom is 0.337 e. The second-order valence-corrected chi connectivity index (χ2v) is 13.4. The molecule has 1 aliphatic rings. The summed E-state index contributed by atoms with van der Waals surface area (Å²) in [5.74, 6) is 0.782. The summed E-state index contributed by atoms with van der Waals surface area (Å²) >= 11 is 12.1. The summed E-state index contributed by atoms with van der Waals surface area (Å²) in [5.41, 5.74) is 0.592. The smallest absolute Gasteiger partial charge is 0.337 e. The van der Waals surface area contributed by atoms with Gasteiger partial charge in [0.1, 0.15) is 23.0 Å². The molecule has 10 nitrogen and oxygen atoms in total. The summed E-state index contributed by atoms with van der Waals surface area (Å²) in [6, 6.07) is 32.4. The largest absolute Gasteiger partial charge is 0.490 e. The summed E-state index contributed by atoms with van der Waals surface area (Å²) < 4.78 is 23.6. The quantitative estimate of drug-likeness (QED) is 0.119. The molecule has 53 heavy (non-hydrogen) atoms. The Morgan fingerprint density at radius 2 is 1.32 bits per heavy atom. The zero-order valence-electron chi connectivity index (χ0n) is 28.0. The molecule has 1 saturated carbocycles. The van der Waals surface area contributed by atoms with Crippen molar-refractivity contribution in [2.45, 2.75) is 37.8 Å². The number of halogens is 2. The Bertz CT molecular complexity index is 2280. The predicted molar refractivity (Wildman–Crippen MR) is 201 cm³/mol. The summed E-state index contributed by atoms with van der Waals surface area (Å²) in [6.45, 7) is 0. The molecule has 0 unspecified atom stereocenters. The van der Waals surface area contributed by atoms with Gasteiger partial charge < -0.3 is 34.4 Å². The van der Waals surface area contributed by atoms with E-state index in [2.05, 4.69) is 10.6 Å². The maximum atomic E-state index is 12.9. The second-order valence-electron chi connectivity index (χ2n) is 12.5. The lowest BCUT2D eigenvalue weighted by Gasteiger charge is -2.29. The van der Waals surface area contributed by atoms with Crippen molar-refractivity contribution in [1.29, 1.82) is 0 Å². The second kappa shape index (κ2) is 15.7. The molecule has 1 aliphatic carbocycles. The van der Waals surface area contributed by atoms with Gasteiger partial charge in [-0.05, 0) is 121 Å². The monoisotopic (exact) mass is 750 g/mol. The van der Waals surface area contributed by atoms with Crippen molar-refractivity contribution in [2.24, 2.45) is 0 Å². The predicted octanol–water partition coefficient (Wildman–Crippen LogP) is 10.4. The first kappa shape index (κ1) is 35.4. The zero-order chi connectivity index (χ0) is 36.9. The highest BCUT2D eigenvalue weighted by atomic mass is 35.5. The lowest BCUT2D eigenvalue weighted by Crippen LogP contribution is -2.39. The normalized spacial score (nSPS) is 15.4. The van der Waals surface area contributed by atoms with Crippen molar-refractivity contribution < 1.29 is 38.1 Å². The standard InChI is InChI=1S/C41H32Cl2N2O8/c42-27-21-28(43)23-34(22-27)52-38-18-17-37(53-38)40(47)44-29-9-15-31(16-10-29)51-33-14-8-25-19-32(13-7-26(25)20-33)50-30-11-5-24(6-12-30)39(46)45-36-4-2-1-3-35(36)41(48)49/h1-8,11-14,17-23,29,31H,9-10,15-16H2,(H,44,47)(H,45,46)(H,48,49). The molecule has 1 aromatic heterocycles. The van der Waals surface area contributed by atoms with E-state index in [1.807, 2.05) is 36.4 Å². The molecule has 1 heterocycles. The van der Waals surface area contributed by atoms with Crippen LogP contribution in [0.1, 0.15) is 57.0 Å². The number of para-hydroxylation sites is 1. The first-order valence-corrected chi connectivity index (χ1v) is 17.6. The van der Waals surface area contributed by atoms with Crippen molar-refractivity contribution in [3.8, 4) is 28.9 Å². The maximum absolute atomic E-state index is 12.9. The molecule has 0 saturated heterocycles. The number of hydrogen-bond acceptors (Lipinski definition) is 7. The van der Waals surface area contributed by atoms with E-state index in [1.165, 1.54) is 6.07 Å². The van der Waals surface area contributed by atoms with Gasteiger partial charge in [0, 0.05) is 27.7 Å². The van der Waals surface area contributed by atoms with Crippen LogP contribution in [0.5, 0.6) is 28.9 Å². The highest BCUT2D eigenvalue weighted by molar-refractivity contribution is 6.34. The first-order chi connectivity index (χ1) is 25.6. The zero-order valence-corrected chi connectivity index (χ0v) is 29.5. The third-order valence-corrected chi connectivity index (χ3v) is 9.15. The SMILES string of the molecule is O=C(Nc1ccccc1C(=O)O)c1ccc(Oc2ccc3cc(OC4CCC(NC(=O)c5ccc(Oc6cc(Cl)cc(Cl)c6)o5)CC4)ccc3c2)cc1. The fourth-order valence-corrected chi connectivity index (χ4v) is 6.60. The molecule has 7 rings (SSSR count). The van der Waals surface area contributed by atoms with Crippen LogP contribution in [0, 0.1) is 0 Å². The minimum Gasteiger partial charge on any atom is -0.490 e. The molecular weight excluding hydrogens is 719 g/mol. The minimum atomic E-state index is -1.12.